The van der Waals surface area contributed by atoms with Crippen molar-refractivity contribution < 1.29 is 28.2 Å². The lowest BCUT2D eigenvalue weighted by Crippen LogP contribution is -2.63. The summed E-state index contributed by atoms with van der Waals surface area (Å²) in [4.78, 5) is 19.2. The number of anilines is 1. The summed E-state index contributed by atoms with van der Waals surface area (Å²) in [6.07, 6.45) is -3.67. The molecule has 2 aliphatic heterocycles. The molecule has 0 unspecified atom stereocenters. The SMILES string of the molecule is Cc1nc(N[C@@H]2CCCN(C3CN(C(=O)O)C3)C2)nnc1-c1ccc(C(F)(F)F)c(C(C)(C)C)c1O. The summed E-state index contributed by atoms with van der Waals surface area (Å²) in [7, 11) is 0. The molecule has 9 nitrogen and oxygen atoms in total. The number of likely N-dealkylation sites (tertiary alicyclic amines) is 2. The third kappa shape index (κ3) is 5.18. The van der Waals surface area contributed by atoms with Crippen molar-refractivity contribution in [3.63, 3.8) is 0 Å². The van der Waals surface area contributed by atoms with E-state index < -0.39 is 29.0 Å². The van der Waals surface area contributed by atoms with Crippen molar-refractivity contribution in [3.05, 3.63) is 29.0 Å². The van der Waals surface area contributed by atoms with Crippen LogP contribution in [0.15, 0.2) is 12.1 Å². The summed E-state index contributed by atoms with van der Waals surface area (Å²) in [5, 5.41) is 31.6. The number of rotatable bonds is 4. The van der Waals surface area contributed by atoms with Gasteiger partial charge in [0, 0.05) is 42.8 Å². The molecule has 0 bridgehead atoms. The maximum atomic E-state index is 13.6. The second-order valence-electron chi connectivity index (χ2n) is 10.5. The number of hydrogen-bond donors (Lipinski definition) is 3. The van der Waals surface area contributed by atoms with E-state index in [4.69, 9.17) is 5.11 Å². The van der Waals surface area contributed by atoms with Crippen LogP contribution in [-0.2, 0) is 11.6 Å². The summed E-state index contributed by atoms with van der Waals surface area (Å²) in [5.74, 6) is -0.178. The molecule has 2 aromatic rings. The van der Waals surface area contributed by atoms with Crippen LogP contribution in [0.1, 0.15) is 50.4 Å². The Hall–Kier alpha value is -3.15. The van der Waals surface area contributed by atoms with Gasteiger partial charge in [-0.05, 0) is 43.9 Å². The first-order valence-electron chi connectivity index (χ1n) is 11.9. The molecule has 12 heteroatoms. The first-order valence-corrected chi connectivity index (χ1v) is 11.9. The monoisotopic (exact) mass is 508 g/mol. The second kappa shape index (κ2) is 9.38. The van der Waals surface area contributed by atoms with Crippen LogP contribution in [0.4, 0.5) is 23.9 Å². The maximum absolute atomic E-state index is 13.6. The minimum absolute atomic E-state index is 0.0524. The van der Waals surface area contributed by atoms with Gasteiger partial charge in [-0.1, -0.05) is 20.8 Å². The Morgan fingerprint density at radius 2 is 1.83 bits per heavy atom. The molecular weight excluding hydrogens is 477 g/mol. The smallest absolute Gasteiger partial charge is 0.416 e. The Morgan fingerprint density at radius 3 is 2.42 bits per heavy atom. The highest BCUT2D eigenvalue weighted by Gasteiger charge is 2.39. The van der Waals surface area contributed by atoms with Crippen LogP contribution in [0.25, 0.3) is 11.3 Å². The molecule has 0 radical (unpaired) electrons. The van der Waals surface area contributed by atoms with Crippen molar-refractivity contribution in [2.45, 2.75) is 64.2 Å². The zero-order chi connectivity index (χ0) is 26.4. The Bertz CT molecular complexity index is 1150. The normalized spacial score (nSPS) is 19.8. The van der Waals surface area contributed by atoms with Gasteiger partial charge in [0.1, 0.15) is 11.4 Å². The van der Waals surface area contributed by atoms with Gasteiger partial charge < -0.3 is 20.4 Å². The number of phenols is 1. The molecule has 3 heterocycles. The maximum Gasteiger partial charge on any atom is 0.416 e. The number of aromatic hydroxyl groups is 1. The largest absolute Gasteiger partial charge is 0.507 e. The van der Waals surface area contributed by atoms with Crippen LogP contribution in [0.2, 0.25) is 0 Å². The van der Waals surface area contributed by atoms with Crippen molar-refractivity contribution >= 4 is 12.0 Å². The van der Waals surface area contributed by atoms with E-state index in [1.807, 2.05) is 0 Å². The molecule has 0 spiro atoms. The van der Waals surface area contributed by atoms with Crippen molar-refractivity contribution in [2.75, 3.05) is 31.5 Å². The highest BCUT2D eigenvalue weighted by atomic mass is 19.4. The van der Waals surface area contributed by atoms with Gasteiger partial charge in [-0.15, -0.1) is 10.2 Å². The van der Waals surface area contributed by atoms with Gasteiger partial charge in [0.25, 0.3) is 0 Å². The molecule has 36 heavy (non-hydrogen) atoms. The van der Waals surface area contributed by atoms with E-state index in [1.165, 1.54) is 11.0 Å². The van der Waals surface area contributed by atoms with Crippen LogP contribution < -0.4 is 5.32 Å². The molecule has 2 saturated heterocycles. The van der Waals surface area contributed by atoms with Crippen LogP contribution in [-0.4, -0.2) is 79.6 Å². The Morgan fingerprint density at radius 1 is 1.14 bits per heavy atom. The summed E-state index contributed by atoms with van der Waals surface area (Å²) in [6.45, 7) is 9.13. The third-order valence-corrected chi connectivity index (χ3v) is 6.78. The van der Waals surface area contributed by atoms with Crippen LogP contribution >= 0.6 is 0 Å². The van der Waals surface area contributed by atoms with Crippen LogP contribution in [0.3, 0.4) is 0 Å². The van der Waals surface area contributed by atoms with Gasteiger partial charge in [0.2, 0.25) is 5.95 Å². The van der Waals surface area contributed by atoms with Gasteiger partial charge in [0.05, 0.1) is 11.3 Å². The number of benzene rings is 1. The molecular formula is C24H31F3N6O3. The van der Waals surface area contributed by atoms with Crippen molar-refractivity contribution in [2.24, 2.45) is 0 Å². The highest BCUT2D eigenvalue weighted by Crippen LogP contribution is 2.45. The molecule has 0 aliphatic carbocycles. The molecule has 1 aromatic heterocycles. The number of halogens is 3. The zero-order valence-corrected chi connectivity index (χ0v) is 20.7. The number of piperidine rings is 1. The number of carbonyl (C=O) groups is 1. The Kier molecular flexibility index (Phi) is 6.76. The zero-order valence-electron chi connectivity index (χ0n) is 20.7. The molecule has 3 N–H and O–H groups in total. The summed E-state index contributed by atoms with van der Waals surface area (Å²) in [5.41, 5.74) is -1.26. The first-order chi connectivity index (χ1) is 16.8. The van der Waals surface area contributed by atoms with Gasteiger partial charge in [-0.3, -0.25) is 4.90 Å². The fourth-order valence-corrected chi connectivity index (χ4v) is 4.97. The minimum Gasteiger partial charge on any atom is -0.507 e. The van der Waals surface area contributed by atoms with Gasteiger partial charge in [0.15, 0.2) is 0 Å². The number of amides is 1. The first kappa shape index (κ1) is 25.9. The van der Waals surface area contributed by atoms with Gasteiger partial charge in [-0.2, -0.15) is 13.2 Å². The number of carboxylic acid groups (broad SMARTS) is 1. The molecule has 196 valence electrons. The summed E-state index contributed by atoms with van der Waals surface area (Å²) >= 11 is 0. The number of aryl methyl sites for hydroxylation is 1. The molecule has 1 aromatic carbocycles. The lowest BCUT2D eigenvalue weighted by atomic mass is 9.81. The average molecular weight is 509 g/mol. The number of aromatic nitrogens is 3. The lowest BCUT2D eigenvalue weighted by Gasteiger charge is -2.46. The molecule has 1 amide bonds. The van der Waals surface area contributed by atoms with Crippen LogP contribution in [0.5, 0.6) is 5.75 Å². The summed E-state index contributed by atoms with van der Waals surface area (Å²) in [6, 6.07) is 2.42. The van der Waals surface area contributed by atoms with Gasteiger partial charge >= 0.3 is 12.3 Å². The van der Waals surface area contributed by atoms with Gasteiger partial charge in [-0.25, -0.2) is 9.78 Å². The number of hydrogen-bond acceptors (Lipinski definition) is 7. The number of nitrogens with one attached hydrogen (secondary N) is 1. The van der Waals surface area contributed by atoms with E-state index in [0.29, 0.717) is 24.7 Å². The number of alkyl halides is 3. The quantitative estimate of drug-likeness (QED) is 0.566. The highest BCUT2D eigenvalue weighted by molar-refractivity contribution is 5.72. The summed E-state index contributed by atoms with van der Waals surface area (Å²) < 4.78 is 40.8. The Labute approximate surface area is 207 Å². The van der Waals surface area contributed by atoms with Crippen molar-refractivity contribution in [1.29, 1.82) is 0 Å². The van der Waals surface area contributed by atoms with E-state index in [2.05, 4.69) is 25.4 Å². The molecule has 2 aliphatic rings. The number of phenolic OH excluding ortho intramolecular Hbond substituents is 1. The Balaban J connectivity index is 1.52. The molecule has 0 saturated carbocycles. The predicted octanol–water partition coefficient (Wildman–Crippen LogP) is 4.11. The molecule has 4 rings (SSSR count). The topological polar surface area (TPSA) is 115 Å². The number of nitrogens with zero attached hydrogens (tertiary/aromatic N) is 5. The van der Waals surface area contributed by atoms with E-state index >= 15 is 0 Å². The fraction of sp³-hybridized carbons (Fsp3) is 0.583. The van der Waals surface area contributed by atoms with E-state index in [9.17, 15) is 23.1 Å². The van der Waals surface area contributed by atoms with E-state index in [0.717, 1.165) is 32.0 Å². The standard InChI is InChI=1S/C24H31F3N6O3/c1-13-19(16-7-8-17(24(25,26)27)18(20(16)34)23(2,3)4)30-31-21(28-13)29-14-6-5-9-32(10-14)15-11-33(12-15)22(35)36/h7-8,14-15,34H,5-6,9-12H2,1-4H3,(H,35,36)(H,28,29,31)/t14-/m1/s1. The lowest BCUT2D eigenvalue weighted by molar-refractivity contribution is -0.138. The fourth-order valence-electron chi connectivity index (χ4n) is 4.97. The molecule has 1 atom stereocenters. The second-order valence-corrected chi connectivity index (χ2v) is 10.5. The minimum atomic E-state index is -4.61. The van der Waals surface area contributed by atoms with Crippen LogP contribution in [0, 0.1) is 6.92 Å². The van der Waals surface area contributed by atoms with Crippen molar-refractivity contribution in [1.82, 2.24) is 25.0 Å². The van der Waals surface area contributed by atoms with E-state index in [-0.39, 0.29) is 28.9 Å². The average Bonchev–Trinajstić information content (AvgIpc) is 2.71. The molecule has 2 fully saturated rings. The van der Waals surface area contributed by atoms with Crippen molar-refractivity contribution in [3.8, 4) is 17.0 Å². The van der Waals surface area contributed by atoms with E-state index in [1.54, 1.807) is 27.7 Å². The third-order valence-electron chi connectivity index (χ3n) is 6.78. The predicted molar refractivity (Wildman–Crippen MR) is 127 cm³/mol.